The highest BCUT2D eigenvalue weighted by Gasteiger charge is 2.23. The Bertz CT molecular complexity index is 659. The lowest BCUT2D eigenvalue weighted by atomic mass is 10.1. The molecule has 24 heavy (non-hydrogen) atoms. The lowest BCUT2D eigenvalue weighted by molar-refractivity contribution is -0.122. The quantitative estimate of drug-likeness (QED) is 0.810. The van der Waals surface area contributed by atoms with Crippen LogP contribution in [0.4, 0.5) is 5.82 Å². The molecule has 0 aromatic carbocycles. The molecule has 1 saturated heterocycles. The zero-order valence-electron chi connectivity index (χ0n) is 14.0. The number of rotatable bonds is 7. The summed E-state index contributed by atoms with van der Waals surface area (Å²) in [7, 11) is 0. The molecule has 1 amide bonds. The van der Waals surface area contributed by atoms with Crippen LogP contribution in [0, 0.1) is 12.8 Å². The van der Waals surface area contributed by atoms with E-state index in [1.807, 2.05) is 29.8 Å². The minimum Gasteiger partial charge on any atom is -0.370 e. The SMILES string of the molecule is Cc1ccnc(NCC2CCN(CC(=O)NCc3cccs3)C2)c1. The van der Waals surface area contributed by atoms with E-state index in [1.54, 1.807) is 11.3 Å². The van der Waals surface area contributed by atoms with E-state index in [9.17, 15) is 4.79 Å². The van der Waals surface area contributed by atoms with Gasteiger partial charge in [0.25, 0.3) is 0 Å². The minimum atomic E-state index is 0.109. The molecule has 6 heteroatoms. The average molecular weight is 344 g/mol. The Kier molecular flexibility index (Phi) is 5.82. The highest BCUT2D eigenvalue weighted by molar-refractivity contribution is 7.09. The monoisotopic (exact) mass is 344 g/mol. The highest BCUT2D eigenvalue weighted by Crippen LogP contribution is 2.17. The van der Waals surface area contributed by atoms with E-state index in [2.05, 4.69) is 33.5 Å². The van der Waals surface area contributed by atoms with Crippen LogP contribution >= 0.6 is 11.3 Å². The van der Waals surface area contributed by atoms with Gasteiger partial charge in [0.15, 0.2) is 0 Å². The van der Waals surface area contributed by atoms with Gasteiger partial charge in [-0.05, 0) is 54.9 Å². The number of aromatic nitrogens is 1. The zero-order valence-corrected chi connectivity index (χ0v) is 14.8. The molecule has 2 aromatic rings. The normalized spacial score (nSPS) is 17.8. The largest absolute Gasteiger partial charge is 0.370 e. The third-order valence-electron chi connectivity index (χ3n) is 4.26. The Hall–Kier alpha value is -1.92. The van der Waals surface area contributed by atoms with E-state index in [0.717, 1.165) is 31.9 Å². The van der Waals surface area contributed by atoms with Crippen LogP contribution in [0.2, 0.25) is 0 Å². The van der Waals surface area contributed by atoms with Crippen molar-refractivity contribution in [2.75, 3.05) is 31.5 Å². The smallest absolute Gasteiger partial charge is 0.234 e. The van der Waals surface area contributed by atoms with E-state index < -0.39 is 0 Å². The number of likely N-dealkylation sites (tertiary alicyclic amines) is 1. The number of carbonyl (C=O) groups excluding carboxylic acids is 1. The first kappa shape index (κ1) is 16.9. The number of amides is 1. The van der Waals surface area contributed by atoms with Crippen molar-refractivity contribution in [2.24, 2.45) is 5.92 Å². The van der Waals surface area contributed by atoms with Crippen LogP contribution in [0.25, 0.3) is 0 Å². The van der Waals surface area contributed by atoms with Crippen molar-refractivity contribution in [3.63, 3.8) is 0 Å². The molecule has 0 bridgehead atoms. The molecule has 3 heterocycles. The first-order valence-electron chi connectivity index (χ1n) is 8.37. The standard InChI is InChI=1S/C18H24N4OS/c1-14-4-6-19-17(9-14)20-10-15-5-7-22(12-15)13-18(23)21-11-16-3-2-8-24-16/h2-4,6,8-9,15H,5,7,10-13H2,1H3,(H,19,20)(H,21,23). The molecule has 1 aliphatic rings. The van der Waals surface area contributed by atoms with Crippen molar-refractivity contribution in [1.82, 2.24) is 15.2 Å². The summed E-state index contributed by atoms with van der Waals surface area (Å²) >= 11 is 1.67. The molecule has 5 nitrogen and oxygen atoms in total. The number of hydrogen-bond acceptors (Lipinski definition) is 5. The Balaban J connectivity index is 1.36. The molecule has 2 N–H and O–H groups in total. The van der Waals surface area contributed by atoms with Crippen LogP contribution in [-0.2, 0) is 11.3 Å². The predicted octanol–water partition coefficient (Wildman–Crippen LogP) is 2.50. The highest BCUT2D eigenvalue weighted by atomic mass is 32.1. The average Bonchev–Trinajstić information content (AvgIpc) is 3.23. The fourth-order valence-corrected chi connectivity index (χ4v) is 3.61. The molecule has 0 aliphatic carbocycles. The third-order valence-corrected chi connectivity index (χ3v) is 5.14. The number of nitrogens with zero attached hydrogens (tertiary/aromatic N) is 2. The topological polar surface area (TPSA) is 57.3 Å². The summed E-state index contributed by atoms with van der Waals surface area (Å²) in [6, 6.07) is 8.11. The van der Waals surface area contributed by atoms with Gasteiger partial charge in [0.1, 0.15) is 5.82 Å². The van der Waals surface area contributed by atoms with Crippen LogP contribution in [0.1, 0.15) is 16.9 Å². The summed E-state index contributed by atoms with van der Waals surface area (Å²) in [5.41, 5.74) is 1.21. The van der Waals surface area contributed by atoms with E-state index in [-0.39, 0.29) is 5.91 Å². The van der Waals surface area contributed by atoms with Crippen molar-refractivity contribution >= 4 is 23.1 Å². The van der Waals surface area contributed by atoms with E-state index >= 15 is 0 Å². The van der Waals surface area contributed by atoms with E-state index in [1.165, 1.54) is 10.4 Å². The van der Waals surface area contributed by atoms with Gasteiger partial charge in [0, 0.05) is 24.2 Å². The lowest BCUT2D eigenvalue weighted by Gasteiger charge is -2.16. The maximum Gasteiger partial charge on any atom is 0.234 e. The van der Waals surface area contributed by atoms with Crippen molar-refractivity contribution in [1.29, 1.82) is 0 Å². The molecule has 0 saturated carbocycles. The van der Waals surface area contributed by atoms with Gasteiger partial charge < -0.3 is 10.6 Å². The Morgan fingerprint density at radius 1 is 1.46 bits per heavy atom. The molecule has 1 unspecified atom stereocenters. The van der Waals surface area contributed by atoms with Gasteiger partial charge in [0.2, 0.25) is 5.91 Å². The Morgan fingerprint density at radius 2 is 2.38 bits per heavy atom. The van der Waals surface area contributed by atoms with Gasteiger partial charge in [-0.1, -0.05) is 6.07 Å². The summed E-state index contributed by atoms with van der Waals surface area (Å²) in [6.45, 7) is 6.05. The second-order valence-electron chi connectivity index (χ2n) is 6.35. The molecular weight excluding hydrogens is 320 g/mol. The fraction of sp³-hybridized carbons (Fsp3) is 0.444. The van der Waals surface area contributed by atoms with Crippen LogP contribution in [-0.4, -0.2) is 42.0 Å². The van der Waals surface area contributed by atoms with E-state index in [4.69, 9.17) is 0 Å². The minimum absolute atomic E-state index is 0.109. The molecular formula is C18H24N4OS. The third kappa shape index (κ3) is 5.04. The maximum absolute atomic E-state index is 12.0. The first-order chi connectivity index (χ1) is 11.7. The number of carbonyl (C=O) groups is 1. The molecule has 128 valence electrons. The number of pyridine rings is 1. The van der Waals surface area contributed by atoms with E-state index in [0.29, 0.717) is 19.0 Å². The van der Waals surface area contributed by atoms with Crippen LogP contribution in [0.15, 0.2) is 35.8 Å². The summed E-state index contributed by atoms with van der Waals surface area (Å²) < 4.78 is 0. The lowest BCUT2D eigenvalue weighted by Crippen LogP contribution is -2.36. The van der Waals surface area contributed by atoms with Gasteiger partial charge in [-0.2, -0.15) is 0 Å². The number of anilines is 1. The zero-order chi connectivity index (χ0) is 16.8. The first-order valence-corrected chi connectivity index (χ1v) is 9.25. The van der Waals surface area contributed by atoms with Crippen LogP contribution < -0.4 is 10.6 Å². The molecule has 0 spiro atoms. The number of aryl methyl sites for hydroxylation is 1. The number of hydrogen-bond donors (Lipinski definition) is 2. The summed E-state index contributed by atoms with van der Waals surface area (Å²) in [5.74, 6) is 1.61. The van der Waals surface area contributed by atoms with Crippen molar-refractivity contribution in [3.8, 4) is 0 Å². The van der Waals surface area contributed by atoms with Crippen LogP contribution in [0.5, 0.6) is 0 Å². The van der Waals surface area contributed by atoms with Crippen molar-refractivity contribution < 1.29 is 4.79 Å². The van der Waals surface area contributed by atoms with Gasteiger partial charge in [-0.3, -0.25) is 9.69 Å². The van der Waals surface area contributed by atoms with Crippen molar-refractivity contribution in [3.05, 3.63) is 46.3 Å². The van der Waals surface area contributed by atoms with Gasteiger partial charge >= 0.3 is 0 Å². The molecule has 3 rings (SSSR count). The second-order valence-corrected chi connectivity index (χ2v) is 7.38. The summed E-state index contributed by atoms with van der Waals surface area (Å²) in [5, 5.41) is 8.43. The molecule has 1 atom stereocenters. The fourth-order valence-electron chi connectivity index (χ4n) is 2.96. The summed E-state index contributed by atoms with van der Waals surface area (Å²) in [4.78, 5) is 19.8. The van der Waals surface area contributed by atoms with Crippen molar-refractivity contribution in [2.45, 2.75) is 19.9 Å². The number of nitrogens with one attached hydrogen (secondary N) is 2. The molecule has 1 aliphatic heterocycles. The van der Waals surface area contributed by atoms with Gasteiger partial charge in [-0.15, -0.1) is 11.3 Å². The molecule has 1 fully saturated rings. The maximum atomic E-state index is 12.0. The van der Waals surface area contributed by atoms with Gasteiger partial charge in [0.05, 0.1) is 13.1 Å². The summed E-state index contributed by atoms with van der Waals surface area (Å²) in [6.07, 6.45) is 2.95. The number of thiophene rings is 1. The van der Waals surface area contributed by atoms with Crippen LogP contribution in [0.3, 0.4) is 0 Å². The predicted molar refractivity (Wildman–Crippen MR) is 98.2 cm³/mol. The Morgan fingerprint density at radius 3 is 3.17 bits per heavy atom. The Labute approximate surface area is 147 Å². The molecule has 2 aromatic heterocycles. The molecule has 0 radical (unpaired) electrons. The second kappa shape index (κ2) is 8.26. The van der Waals surface area contributed by atoms with Gasteiger partial charge in [-0.25, -0.2) is 4.98 Å².